The van der Waals surface area contributed by atoms with Crippen molar-refractivity contribution in [3.05, 3.63) is 65.2 Å². The molecule has 0 aromatic heterocycles. The Morgan fingerprint density at radius 1 is 1.05 bits per heavy atom. The summed E-state index contributed by atoms with van der Waals surface area (Å²) in [6.45, 7) is 4.23. The topological polar surface area (TPSA) is 26.3 Å². The largest absolute Gasteiger partial charge is 0.484 e. The highest BCUT2D eigenvalue weighted by molar-refractivity contribution is 6.01. The Morgan fingerprint density at radius 2 is 1.77 bits per heavy atom. The van der Waals surface area contributed by atoms with Crippen LogP contribution in [0, 0.1) is 12.8 Å². The fraction of sp³-hybridized carbons (Fsp3) is 0.350. The number of hydrogen-bond acceptors (Lipinski definition) is 2. The van der Waals surface area contributed by atoms with Crippen LogP contribution in [0.1, 0.15) is 53.8 Å². The number of carbonyl (C=O) groups is 1. The highest BCUT2D eigenvalue weighted by Crippen LogP contribution is 2.40. The van der Waals surface area contributed by atoms with E-state index in [-0.39, 0.29) is 17.8 Å². The van der Waals surface area contributed by atoms with Crippen LogP contribution >= 0.6 is 0 Å². The minimum absolute atomic E-state index is 0.0856. The third kappa shape index (κ3) is 2.78. The molecule has 0 amide bonds. The van der Waals surface area contributed by atoms with Gasteiger partial charge in [-0.1, -0.05) is 61.7 Å². The van der Waals surface area contributed by atoms with E-state index in [0.717, 1.165) is 30.4 Å². The number of hydrogen-bond donors (Lipinski definition) is 0. The summed E-state index contributed by atoms with van der Waals surface area (Å²) in [5.41, 5.74) is 3.04. The molecule has 22 heavy (non-hydrogen) atoms. The van der Waals surface area contributed by atoms with Gasteiger partial charge in [0, 0.05) is 0 Å². The van der Waals surface area contributed by atoms with E-state index in [9.17, 15) is 4.79 Å². The van der Waals surface area contributed by atoms with Gasteiger partial charge in [0.2, 0.25) is 0 Å². The van der Waals surface area contributed by atoms with Gasteiger partial charge in [0.25, 0.3) is 0 Å². The number of para-hydroxylation sites is 1. The molecule has 2 atom stereocenters. The van der Waals surface area contributed by atoms with Crippen molar-refractivity contribution in [1.29, 1.82) is 0 Å². The van der Waals surface area contributed by atoms with Gasteiger partial charge in [-0.3, -0.25) is 4.79 Å². The average Bonchev–Trinajstić information content (AvgIpc) is 2.55. The molecule has 1 heterocycles. The molecule has 114 valence electrons. The molecule has 2 aromatic carbocycles. The van der Waals surface area contributed by atoms with E-state index in [1.54, 1.807) is 0 Å². The monoisotopic (exact) mass is 294 g/mol. The lowest BCUT2D eigenvalue weighted by atomic mass is 9.82. The lowest BCUT2D eigenvalue weighted by molar-refractivity contribution is 0.0632. The average molecular weight is 294 g/mol. The van der Waals surface area contributed by atoms with Gasteiger partial charge in [0.1, 0.15) is 11.9 Å². The molecule has 0 saturated heterocycles. The molecule has 0 fully saturated rings. The first-order chi connectivity index (χ1) is 10.7. The highest BCUT2D eigenvalue weighted by atomic mass is 16.5. The Kier molecular flexibility index (Phi) is 4.28. The van der Waals surface area contributed by atoms with Crippen molar-refractivity contribution in [1.82, 2.24) is 0 Å². The molecule has 3 rings (SSSR count). The summed E-state index contributed by atoms with van der Waals surface area (Å²) >= 11 is 0. The lowest BCUT2D eigenvalue weighted by Gasteiger charge is -2.33. The van der Waals surface area contributed by atoms with Crippen molar-refractivity contribution >= 4 is 5.78 Å². The van der Waals surface area contributed by atoms with E-state index in [1.165, 1.54) is 5.56 Å². The third-order valence-electron chi connectivity index (χ3n) is 4.38. The maximum atomic E-state index is 12.9. The van der Waals surface area contributed by atoms with Crippen molar-refractivity contribution < 1.29 is 9.53 Å². The maximum Gasteiger partial charge on any atom is 0.173 e. The van der Waals surface area contributed by atoms with Gasteiger partial charge in [-0.15, -0.1) is 0 Å². The van der Waals surface area contributed by atoms with E-state index < -0.39 is 0 Å². The van der Waals surface area contributed by atoms with Crippen molar-refractivity contribution in [3.8, 4) is 5.75 Å². The molecule has 1 aliphatic heterocycles. The van der Waals surface area contributed by atoms with E-state index in [4.69, 9.17) is 4.74 Å². The number of ether oxygens (including phenoxy) is 1. The number of unbranched alkanes of at least 4 members (excludes halogenated alkanes) is 1. The molecule has 2 unspecified atom stereocenters. The smallest absolute Gasteiger partial charge is 0.173 e. The Balaban J connectivity index is 1.99. The predicted octanol–water partition coefficient (Wildman–Crippen LogP) is 5.12. The van der Waals surface area contributed by atoms with E-state index in [1.807, 2.05) is 24.3 Å². The second kappa shape index (κ2) is 6.35. The number of benzene rings is 2. The van der Waals surface area contributed by atoms with Gasteiger partial charge >= 0.3 is 0 Å². The summed E-state index contributed by atoms with van der Waals surface area (Å²) in [5.74, 6) is 0.851. The predicted molar refractivity (Wildman–Crippen MR) is 88.3 cm³/mol. The molecule has 0 N–H and O–H groups in total. The van der Waals surface area contributed by atoms with Crippen LogP contribution in [0.3, 0.4) is 0 Å². The Morgan fingerprint density at radius 3 is 2.50 bits per heavy atom. The van der Waals surface area contributed by atoms with E-state index in [0.29, 0.717) is 5.75 Å². The lowest BCUT2D eigenvalue weighted by Crippen LogP contribution is -2.31. The van der Waals surface area contributed by atoms with Crippen molar-refractivity contribution in [2.45, 2.75) is 39.2 Å². The number of fused-ring (bicyclic) bond motifs is 1. The third-order valence-corrected chi connectivity index (χ3v) is 4.38. The molecule has 0 aliphatic carbocycles. The van der Waals surface area contributed by atoms with Gasteiger partial charge in [0.05, 0.1) is 11.5 Å². The molecule has 0 spiro atoms. The van der Waals surface area contributed by atoms with E-state index >= 15 is 0 Å². The summed E-state index contributed by atoms with van der Waals surface area (Å²) in [5, 5.41) is 0. The minimum Gasteiger partial charge on any atom is -0.484 e. The second-order valence-corrected chi connectivity index (χ2v) is 6.06. The molecule has 2 heteroatoms. The molecule has 0 bridgehead atoms. The van der Waals surface area contributed by atoms with Gasteiger partial charge in [-0.25, -0.2) is 0 Å². The maximum absolute atomic E-state index is 12.9. The second-order valence-electron chi connectivity index (χ2n) is 6.06. The van der Waals surface area contributed by atoms with Crippen LogP contribution < -0.4 is 4.74 Å². The summed E-state index contributed by atoms with van der Waals surface area (Å²) < 4.78 is 6.22. The fourth-order valence-corrected chi connectivity index (χ4v) is 3.09. The van der Waals surface area contributed by atoms with Gasteiger partial charge in [0.15, 0.2) is 5.78 Å². The van der Waals surface area contributed by atoms with Crippen LogP contribution in [0.5, 0.6) is 5.75 Å². The number of carbonyl (C=O) groups excluding carboxylic acids is 1. The van der Waals surface area contributed by atoms with Gasteiger partial charge < -0.3 is 4.74 Å². The molecule has 2 aromatic rings. The van der Waals surface area contributed by atoms with E-state index in [2.05, 4.69) is 38.1 Å². The van der Waals surface area contributed by atoms with Crippen molar-refractivity contribution in [3.63, 3.8) is 0 Å². The van der Waals surface area contributed by atoms with Crippen LogP contribution in [0.2, 0.25) is 0 Å². The normalized spacial score (nSPS) is 20.4. The zero-order chi connectivity index (χ0) is 15.5. The first-order valence-corrected chi connectivity index (χ1v) is 8.07. The molecule has 0 radical (unpaired) electrons. The zero-order valence-corrected chi connectivity index (χ0v) is 13.2. The molecule has 1 aliphatic rings. The number of aryl methyl sites for hydroxylation is 1. The molecule has 2 nitrogen and oxygen atoms in total. The van der Waals surface area contributed by atoms with Crippen LogP contribution in [0.25, 0.3) is 0 Å². The molecule has 0 saturated carbocycles. The summed E-state index contributed by atoms with van der Waals surface area (Å²) in [7, 11) is 0. The summed E-state index contributed by atoms with van der Waals surface area (Å²) in [6, 6.07) is 15.9. The highest BCUT2D eigenvalue weighted by Gasteiger charge is 2.37. The van der Waals surface area contributed by atoms with Crippen molar-refractivity contribution in [2.75, 3.05) is 0 Å². The number of rotatable bonds is 4. The molecular weight excluding hydrogens is 272 g/mol. The Bertz CT molecular complexity index is 658. The molecular formula is C20H22O2. The fourth-order valence-electron chi connectivity index (χ4n) is 3.09. The summed E-state index contributed by atoms with van der Waals surface area (Å²) in [4.78, 5) is 12.9. The first kappa shape index (κ1) is 14.8. The Hall–Kier alpha value is -2.09. The quantitative estimate of drug-likeness (QED) is 0.782. The SMILES string of the molecule is CCCCC1C(=O)c2ccccc2OC1c1ccc(C)cc1. The van der Waals surface area contributed by atoms with Crippen molar-refractivity contribution in [2.24, 2.45) is 5.92 Å². The van der Waals surface area contributed by atoms with Gasteiger partial charge in [-0.2, -0.15) is 0 Å². The summed E-state index contributed by atoms with van der Waals surface area (Å²) in [6.07, 6.45) is 2.84. The van der Waals surface area contributed by atoms with Crippen LogP contribution in [0.15, 0.2) is 48.5 Å². The zero-order valence-electron chi connectivity index (χ0n) is 13.2. The first-order valence-electron chi connectivity index (χ1n) is 8.07. The van der Waals surface area contributed by atoms with Crippen LogP contribution in [0.4, 0.5) is 0 Å². The van der Waals surface area contributed by atoms with Crippen LogP contribution in [-0.2, 0) is 0 Å². The van der Waals surface area contributed by atoms with Gasteiger partial charge in [-0.05, 0) is 31.0 Å². The number of ketones is 1. The minimum atomic E-state index is -0.172. The number of Topliss-reactive ketones (excluding diaryl/α,β-unsaturated/α-hetero) is 1. The standard InChI is InChI=1S/C20H22O2/c1-3-4-7-17-19(21)16-8-5-6-9-18(16)22-20(17)15-12-10-14(2)11-13-15/h5-6,8-13,17,20H,3-4,7H2,1-2H3. The van der Waals surface area contributed by atoms with Crippen LogP contribution in [-0.4, -0.2) is 5.78 Å². The Labute approximate surface area is 132 Å².